The summed E-state index contributed by atoms with van der Waals surface area (Å²) in [6.07, 6.45) is 0. The van der Waals surface area contributed by atoms with Gasteiger partial charge in [-0.15, -0.1) is 0 Å². The molecule has 0 spiro atoms. The lowest BCUT2D eigenvalue weighted by molar-refractivity contribution is 1.50. The highest BCUT2D eigenvalue weighted by molar-refractivity contribution is 6.23. The lowest BCUT2D eigenvalue weighted by Gasteiger charge is -2.12. The van der Waals surface area contributed by atoms with E-state index in [1.54, 1.807) is 12.1 Å². The van der Waals surface area contributed by atoms with Crippen molar-refractivity contribution in [3.8, 4) is 0 Å². The highest BCUT2D eigenvalue weighted by atomic mass is 16.2. The Bertz CT molecular complexity index is 1000. The van der Waals surface area contributed by atoms with Crippen LogP contribution < -0.4 is 10.9 Å². The van der Waals surface area contributed by atoms with E-state index in [-0.39, 0.29) is 10.9 Å². The molecular formula is C18H12O2. The zero-order valence-electron chi connectivity index (χ0n) is 11.3. The molecule has 0 radical (unpaired) electrons. The molecule has 0 saturated heterocycles. The van der Waals surface area contributed by atoms with Crippen molar-refractivity contribution in [2.24, 2.45) is 0 Å². The molecule has 0 aliphatic carbocycles. The van der Waals surface area contributed by atoms with E-state index in [9.17, 15) is 9.59 Å². The van der Waals surface area contributed by atoms with E-state index in [1.165, 1.54) is 0 Å². The lowest BCUT2D eigenvalue weighted by atomic mass is 9.90. The van der Waals surface area contributed by atoms with Crippen LogP contribution >= 0.6 is 0 Å². The van der Waals surface area contributed by atoms with Crippen LogP contribution in [-0.4, -0.2) is 0 Å². The van der Waals surface area contributed by atoms with Crippen molar-refractivity contribution in [3.05, 3.63) is 68.0 Å². The van der Waals surface area contributed by atoms with Gasteiger partial charge >= 0.3 is 0 Å². The molecule has 0 fully saturated rings. The van der Waals surface area contributed by atoms with E-state index in [1.807, 2.05) is 26.0 Å². The Balaban J connectivity index is 2.58. The smallest absolute Gasteiger partial charge is 0.234 e. The standard InChI is InChI=1S/C18H12O2/c1-9-3-5-13-15-11(9)7-8-12-10(2)4-6-14(16(12)15)18(20)17(13)19/h3-8H,1-2H3. The summed E-state index contributed by atoms with van der Waals surface area (Å²) in [5.41, 5.74) is 1.47. The van der Waals surface area contributed by atoms with Gasteiger partial charge < -0.3 is 0 Å². The van der Waals surface area contributed by atoms with Crippen molar-refractivity contribution in [3.63, 3.8) is 0 Å². The van der Waals surface area contributed by atoms with Gasteiger partial charge in [-0.3, -0.25) is 9.59 Å². The molecule has 20 heavy (non-hydrogen) atoms. The minimum atomic E-state index is -0.390. The van der Waals surface area contributed by atoms with Gasteiger partial charge in [0.1, 0.15) is 0 Å². The number of hydrogen-bond donors (Lipinski definition) is 0. The van der Waals surface area contributed by atoms with E-state index in [0.29, 0.717) is 10.8 Å². The second kappa shape index (κ2) is 3.54. The molecule has 0 saturated carbocycles. The normalized spacial score (nSPS) is 11.9. The number of hydrogen-bond acceptors (Lipinski definition) is 2. The van der Waals surface area contributed by atoms with E-state index in [0.717, 1.165) is 32.7 Å². The zero-order valence-corrected chi connectivity index (χ0v) is 11.3. The average molecular weight is 260 g/mol. The van der Waals surface area contributed by atoms with Crippen molar-refractivity contribution in [2.45, 2.75) is 13.8 Å². The quantitative estimate of drug-likeness (QED) is 0.359. The molecule has 96 valence electrons. The number of aryl methyl sites for hydroxylation is 2. The Labute approximate surface area is 115 Å². The number of rotatable bonds is 0. The van der Waals surface area contributed by atoms with Crippen molar-refractivity contribution >= 4 is 32.3 Å². The molecule has 0 heterocycles. The fraction of sp³-hybridized carbons (Fsp3) is 0.111. The number of benzene rings is 4. The molecule has 2 nitrogen and oxygen atoms in total. The molecule has 0 bridgehead atoms. The highest BCUT2D eigenvalue weighted by Crippen LogP contribution is 2.34. The van der Waals surface area contributed by atoms with Gasteiger partial charge in [-0.25, -0.2) is 0 Å². The first-order valence-electron chi connectivity index (χ1n) is 6.64. The Morgan fingerprint density at radius 1 is 0.550 bits per heavy atom. The van der Waals surface area contributed by atoms with Gasteiger partial charge in [-0.1, -0.05) is 24.3 Å². The summed E-state index contributed by atoms with van der Waals surface area (Å²) in [6.45, 7) is 4.06. The first kappa shape index (κ1) is 11.4. The predicted molar refractivity (Wildman–Crippen MR) is 83.3 cm³/mol. The molecule has 0 amide bonds. The highest BCUT2D eigenvalue weighted by Gasteiger charge is 2.16. The first-order valence-corrected chi connectivity index (χ1v) is 6.64. The summed E-state index contributed by atoms with van der Waals surface area (Å²) in [5, 5.41) is 5.07. The SMILES string of the molecule is Cc1ccc2c(=O)c(=O)c3ccc(C)c4ccc1c2c43. The van der Waals surface area contributed by atoms with Crippen LogP contribution in [0.2, 0.25) is 0 Å². The summed E-state index contributed by atoms with van der Waals surface area (Å²) < 4.78 is 0. The van der Waals surface area contributed by atoms with Gasteiger partial charge in [-0.05, 0) is 47.9 Å². The van der Waals surface area contributed by atoms with Gasteiger partial charge in [0.2, 0.25) is 10.9 Å². The van der Waals surface area contributed by atoms with Crippen LogP contribution in [0, 0.1) is 13.8 Å². The van der Waals surface area contributed by atoms with Gasteiger partial charge in [0.25, 0.3) is 0 Å². The minimum Gasteiger partial charge on any atom is -0.285 e. The molecule has 0 aliphatic rings. The van der Waals surface area contributed by atoms with E-state index < -0.39 is 0 Å². The molecule has 0 unspecified atom stereocenters. The van der Waals surface area contributed by atoms with Crippen molar-refractivity contribution < 1.29 is 0 Å². The van der Waals surface area contributed by atoms with Crippen LogP contribution in [0.15, 0.2) is 46.0 Å². The van der Waals surface area contributed by atoms with Crippen LogP contribution in [0.1, 0.15) is 11.1 Å². The Morgan fingerprint density at radius 3 is 1.30 bits per heavy atom. The summed E-state index contributed by atoms with van der Waals surface area (Å²) in [4.78, 5) is 24.6. The first-order chi connectivity index (χ1) is 9.59. The predicted octanol–water partition coefficient (Wildman–Crippen LogP) is 3.36. The molecule has 0 aromatic heterocycles. The van der Waals surface area contributed by atoms with E-state index >= 15 is 0 Å². The van der Waals surface area contributed by atoms with Crippen LogP contribution in [0.4, 0.5) is 0 Å². The lowest BCUT2D eigenvalue weighted by Crippen LogP contribution is -2.24. The Kier molecular flexibility index (Phi) is 2.01. The fourth-order valence-corrected chi connectivity index (χ4v) is 3.21. The third kappa shape index (κ3) is 1.19. The molecule has 4 aromatic rings. The topological polar surface area (TPSA) is 34.1 Å². The third-order valence-corrected chi connectivity index (χ3v) is 4.29. The monoisotopic (exact) mass is 260 g/mol. The van der Waals surface area contributed by atoms with Crippen molar-refractivity contribution in [1.82, 2.24) is 0 Å². The van der Waals surface area contributed by atoms with E-state index in [2.05, 4.69) is 12.1 Å². The second-order valence-electron chi connectivity index (χ2n) is 5.43. The van der Waals surface area contributed by atoms with Crippen molar-refractivity contribution in [2.75, 3.05) is 0 Å². The summed E-state index contributed by atoms with van der Waals surface area (Å²) in [5.74, 6) is 0. The maximum atomic E-state index is 12.3. The molecule has 2 heteroatoms. The fourth-order valence-electron chi connectivity index (χ4n) is 3.21. The van der Waals surface area contributed by atoms with Crippen LogP contribution in [0.5, 0.6) is 0 Å². The summed E-state index contributed by atoms with van der Waals surface area (Å²) in [7, 11) is 0. The van der Waals surface area contributed by atoms with Gasteiger partial charge in [0, 0.05) is 21.5 Å². The Hall–Kier alpha value is -2.48. The third-order valence-electron chi connectivity index (χ3n) is 4.29. The van der Waals surface area contributed by atoms with E-state index in [4.69, 9.17) is 0 Å². The molecule has 4 rings (SSSR count). The molecule has 0 atom stereocenters. The molecule has 4 aromatic carbocycles. The maximum Gasteiger partial charge on any atom is 0.234 e. The van der Waals surface area contributed by atoms with Crippen LogP contribution in [0.3, 0.4) is 0 Å². The van der Waals surface area contributed by atoms with Gasteiger partial charge in [-0.2, -0.15) is 0 Å². The van der Waals surface area contributed by atoms with Crippen LogP contribution in [-0.2, 0) is 0 Å². The molecular weight excluding hydrogens is 248 g/mol. The molecule has 0 aliphatic heterocycles. The Morgan fingerprint density at radius 2 is 0.900 bits per heavy atom. The maximum absolute atomic E-state index is 12.3. The van der Waals surface area contributed by atoms with Crippen LogP contribution in [0.25, 0.3) is 32.3 Å². The van der Waals surface area contributed by atoms with Crippen molar-refractivity contribution in [1.29, 1.82) is 0 Å². The van der Waals surface area contributed by atoms with Gasteiger partial charge in [0.05, 0.1) is 0 Å². The summed E-state index contributed by atoms with van der Waals surface area (Å²) in [6, 6.07) is 11.5. The largest absolute Gasteiger partial charge is 0.285 e. The van der Waals surface area contributed by atoms with Gasteiger partial charge in [0.15, 0.2) is 0 Å². The second-order valence-corrected chi connectivity index (χ2v) is 5.43. The summed E-state index contributed by atoms with van der Waals surface area (Å²) >= 11 is 0. The average Bonchev–Trinajstić information content (AvgIpc) is 2.45. The zero-order chi connectivity index (χ0) is 14.0. The molecule has 0 N–H and O–H groups in total. The minimum absolute atomic E-state index is 0.390.